The van der Waals surface area contributed by atoms with Crippen molar-refractivity contribution in [3.63, 3.8) is 0 Å². The summed E-state index contributed by atoms with van der Waals surface area (Å²) < 4.78 is 15.6. The Morgan fingerprint density at radius 3 is 2.17 bits per heavy atom. The van der Waals surface area contributed by atoms with Gasteiger partial charge in [-0.05, 0) is 25.0 Å². The monoisotopic (exact) mass is 252 g/mol. The molecule has 0 heterocycles. The summed E-state index contributed by atoms with van der Waals surface area (Å²) in [7, 11) is -2.34. The summed E-state index contributed by atoms with van der Waals surface area (Å²) >= 11 is 0. The Kier molecular flexibility index (Phi) is 6.39. The number of hydrogen-bond donors (Lipinski definition) is 0. The van der Waals surface area contributed by atoms with E-state index >= 15 is 0 Å². The lowest BCUT2D eigenvalue weighted by Gasteiger charge is -2.27. The molecule has 5 nitrogen and oxygen atoms in total. The number of ether oxygens (including phenoxy) is 2. The Labute approximate surface area is 107 Å². The molecule has 0 amide bonds. The molecule has 0 aliphatic carbocycles. The molecule has 1 aromatic rings. The van der Waals surface area contributed by atoms with Crippen molar-refractivity contribution in [2.45, 2.75) is 26.7 Å². The summed E-state index contributed by atoms with van der Waals surface area (Å²) in [5.41, 5.74) is 0. The first-order valence-corrected chi connectivity index (χ1v) is 6.05. The van der Waals surface area contributed by atoms with E-state index in [4.69, 9.17) is 9.47 Å². The third-order valence-electron chi connectivity index (χ3n) is 2.07. The smallest absolute Gasteiger partial charge is 0.164 e. The molecular formula is C12H17BO5-2. The van der Waals surface area contributed by atoms with Crippen LogP contribution in [0.25, 0.3) is 0 Å². The standard InChI is InChI=1S/C12H17BO5/c1-3-7-16-11-6-5-10(18-13(14)15)9-12(11)17-8-4-2/h5-6,9H,3-4,7-8H2,1-2H3/q-2. The van der Waals surface area contributed by atoms with Gasteiger partial charge in [0.15, 0.2) is 11.5 Å². The lowest BCUT2D eigenvalue weighted by atomic mass is 10.2. The van der Waals surface area contributed by atoms with Gasteiger partial charge in [0.2, 0.25) is 0 Å². The minimum Gasteiger partial charge on any atom is -0.860 e. The third-order valence-corrected chi connectivity index (χ3v) is 2.07. The molecule has 0 aliphatic rings. The van der Waals surface area contributed by atoms with Gasteiger partial charge in [0, 0.05) is 6.07 Å². The highest BCUT2D eigenvalue weighted by atomic mass is 16.6. The molecule has 1 aromatic carbocycles. The molecule has 0 atom stereocenters. The van der Waals surface area contributed by atoms with Crippen LogP contribution in [-0.4, -0.2) is 20.5 Å². The second kappa shape index (κ2) is 7.84. The molecule has 0 saturated heterocycles. The van der Waals surface area contributed by atoms with Crippen molar-refractivity contribution < 1.29 is 24.2 Å². The Bertz CT molecular complexity index is 356. The summed E-state index contributed by atoms with van der Waals surface area (Å²) in [5, 5.41) is 20.9. The third kappa shape index (κ3) is 4.85. The van der Waals surface area contributed by atoms with E-state index in [-0.39, 0.29) is 5.75 Å². The van der Waals surface area contributed by atoms with Gasteiger partial charge < -0.3 is 24.2 Å². The Morgan fingerprint density at radius 2 is 1.61 bits per heavy atom. The average molecular weight is 252 g/mol. The van der Waals surface area contributed by atoms with Crippen LogP contribution >= 0.6 is 0 Å². The molecule has 0 aliphatic heterocycles. The maximum Gasteiger partial charge on any atom is 0.164 e. The van der Waals surface area contributed by atoms with Crippen LogP contribution in [0.5, 0.6) is 17.2 Å². The normalized spacial score (nSPS) is 10.0. The van der Waals surface area contributed by atoms with Gasteiger partial charge >= 0.3 is 0 Å². The van der Waals surface area contributed by atoms with Crippen LogP contribution in [0.4, 0.5) is 0 Å². The van der Waals surface area contributed by atoms with Gasteiger partial charge in [0.05, 0.1) is 19.0 Å². The molecule has 0 aromatic heterocycles. The lowest BCUT2D eigenvalue weighted by Crippen LogP contribution is -2.50. The predicted molar refractivity (Wildman–Crippen MR) is 64.4 cm³/mol. The minimum absolute atomic E-state index is 0.194. The second-order valence-corrected chi connectivity index (χ2v) is 3.71. The maximum absolute atomic E-state index is 10.4. The van der Waals surface area contributed by atoms with Crippen molar-refractivity contribution in [3.8, 4) is 17.2 Å². The van der Waals surface area contributed by atoms with Crippen molar-refractivity contribution in [2.24, 2.45) is 0 Å². The van der Waals surface area contributed by atoms with Crippen LogP contribution in [0.15, 0.2) is 18.2 Å². The van der Waals surface area contributed by atoms with Crippen molar-refractivity contribution in [1.82, 2.24) is 0 Å². The quantitative estimate of drug-likeness (QED) is 0.624. The van der Waals surface area contributed by atoms with Gasteiger partial charge in [0.25, 0.3) is 0 Å². The first kappa shape index (κ1) is 14.7. The van der Waals surface area contributed by atoms with E-state index in [1.807, 2.05) is 13.8 Å². The van der Waals surface area contributed by atoms with Gasteiger partial charge in [-0.15, -0.1) is 0 Å². The van der Waals surface area contributed by atoms with E-state index in [9.17, 15) is 10.0 Å². The van der Waals surface area contributed by atoms with Crippen molar-refractivity contribution in [3.05, 3.63) is 18.2 Å². The van der Waals surface area contributed by atoms with E-state index < -0.39 is 7.32 Å². The molecule has 0 unspecified atom stereocenters. The van der Waals surface area contributed by atoms with E-state index in [0.717, 1.165) is 12.8 Å². The summed E-state index contributed by atoms with van der Waals surface area (Å²) in [5.74, 6) is 1.27. The number of benzene rings is 1. The zero-order valence-electron chi connectivity index (χ0n) is 10.7. The van der Waals surface area contributed by atoms with E-state index in [2.05, 4.69) is 4.65 Å². The van der Waals surface area contributed by atoms with Crippen molar-refractivity contribution >= 4 is 7.32 Å². The average Bonchev–Trinajstić information content (AvgIpc) is 2.34. The fraction of sp³-hybridized carbons (Fsp3) is 0.500. The molecule has 0 radical (unpaired) electrons. The SMILES string of the molecule is CCCOc1ccc(OB([O-])[O-])cc1OCCC. The van der Waals surface area contributed by atoms with Gasteiger partial charge in [-0.25, -0.2) is 0 Å². The van der Waals surface area contributed by atoms with E-state index in [0.29, 0.717) is 24.7 Å². The van der Waals surface area contributed by atoms with Crippen LogP contribution in [0, 0.1) is 0 Å². The molecule has 0 bridgehead atoms. The minimum atomic E-state index is -2.34. The van der Waals surface area contributed by atoms with Gasteiger partial charge in [0.1, 0.15) is 7.32 Å². The second-order valence-electron chi connectivity index (χ2n) is 3.71. The first-order chi connectivity index (χ1) is 8.67. The Morgan fingerprint density at radius 1 is 1.00 bits per heavy atom. The first-order valence-electron chi connectivity index (χ1n) is 6.05. The van der Waals surface area contributed by atoms with Crippen LogP contribution in [0.3, 0.4) is 0 Å². The summed E-state index contributed by atoms with van der Waals surface area (Å²) in [6.07, 6.45) is 1.73. The van der Waals surface area contributed by atoms with Crippen molar-refractivity contribution in [1.29, 1.82) is 0 Å². The molecule has 0 fully saturated rings. The maximum atomic E-state index is 10.4. The highest BCUT2D eigenvalue weighted by molar-refractivity contribution is 6.29. The van der Waals surface area contributed by atoms with Gasteiger partial charge in [-0.2, -0.15) is 0 Å². The van der Waals surface area contributed by atoms with Crippen LogP contribution < -0.4 is 24.2 Å². The van der Waals surface area contributed by atoms with Crippen LogP contribution in [0.1, 0.15) is 26.7 Å². The van der Waals surface area contributed by atoms with Gasteiger partial charge in [-0.3, -0.25) is 0 Å². The Hall–Kier alpha value is -1.40. The summed E-state index contributed by atoms with van der Waals surface area (Å²) in [6, 6.07) is 4.66. The molecule has 18 heavy (non-hydrogen) atoms. The topological polar surface area (TPSA) is 73.8 Å². The summed E-state index contributed by atoms with van der Waals surface area (Å²) in [4.78, 5) is 0. The lowest BCUT2D eigenvalue weighted by molar-refractivity contribution is -0.372. The largest absolute Gasteiger partial charge is 0.860 e. The number of rotatable bonds is 8. The molecule has 0 N–H and O–H groups in total. The van der Waals surface area contributed by atoms with E-state index in [1.165, 1.54) is 12.1 Å². The van der Waals surface area contributed by atoms with Gasteiger partial charge in [-0.1, -0.05) is 13.8 Å². The molecule has 6 heteroatoms. The van der Waals surface area contributed by atoms with Crippen LogP contribution in [0.2, 0.25) is 0 Å². The summed E-state index contributed by atoms with van der Waals surface area (Å²) in [6.45, 7) is 5.10. The highest BCUT2D eigenvalue weighted by Crippen LogP contribution is 2.31. The van der Waals surface area contributed by atoms with Crippen LogP contribution in [-0.2, 0) is 0 Å². The fourth-order valence-corrected chi connectivity index (χ4v) is 1.33. The number of hydrogen-bond acceptors (Lipinski definition) is 5. The fourth-order valence-electron chi connectivity index (χ4n) is 1.33. The van der Waals surface area contributed by atoms with E-state index in [1.54, 1.807) is 6.07 Å². The molecular weight excluding hydrogens is 235 g/mol. The molecule has 1 rings (SSSR count). The zero-order chi connectivity index (χ0) is 13.4. The predicted octanol–water partition coefficient (Wildman–Crippen LogP) is 0.348. The Balaban J connectivity index is 2.81. The zero-order valence-corrected chi connectivity index (χ0v) is 10.7. The highest BCUT2D eigenvalue weighted by Gasteiger charge is 2.06. The molecule has 100 valence electrons. The molecule has 0 saturated carbocycles. The van der Waals surface area contributed by atoms with Crippen molar-refractivity contribution in [2.75, 3.05) is 13.2 Å². The molecule has 0 spiro atoms.